The number of carbonyl (C=O) groups excluding carboxylic acids is 1. The van der Waals surface area contributed by atoms with Crippen LogP contribution in [0.15, 0.2) is 18.2 Å². The fourth-order valence-corrected chi connectivity index (χ4v) is 3.37. The lowest BCUT2D eigenvalue weighted by Crippen LogP contribution is -2.53. The van der Waals surface area contributed by atoms with Gasteiger partial charge in [-0.3, -0.25) is 4.79 Å². The molecule has 1 aliphatic carbocycles. The molecular weight excluding hydrogens is 365 g/mol. The van der Waals surface area contributed by atoms with E-state index in [2.05, 4.69) is 34.8 Å². The third kappa shape index (κ3) is 3.34. The Balaban J connectivity index is 2.15. The molecule has 0 heterocycles. The summed E-state index contributed by atoms with van der Waals surface area (Å²) in [7, 11) is 0. The zero-order valence-electron chi connectivity index (χ0n) is 12.1. The summed E-state index contributed by atoms with van der Waals surface area (Å²) in [5.74, 6) is 0.618. The van der Waals surface area contributed by atoms with Crippen LogP contribution < -0.4 is 5.32 Å². The normalized spacial score (nSPS) is 26.3. The van der Waals surface area contributed by atoms with Crippen LogP contribution in [0.4, 0.5) is 0 Å². The highest BCUT2D eigenvalue weighted by atomic mass is 127. The van der Waals surface area contributed by atoms with E-state index in [9.17, 15) is 9.90 Å². The van der Waals surface area contributed by atoms with Crippen LogP contribution in [0.1, 0.15) is 48.5 Å². The number of carbonyl (C=O) groups is 1. The van der Waals surface area contributed by atoms with Crippen molar-refractivity contribution in [3.63, 3.8) is 0 Å². The van der Waals surface area contributed by atoms with Crippen LogP contribution in [0, 0.1) is 16.4 Å². The summed E-state index contributed by atoms with van der Waals surface area (Å²) < 4.78 is 0.986. The van der Waals surface area contributed by atoms with E-state index in [1.165, 1.54) is 0 Å². The number of aliphatic hydroxyl groups excluding tert-OH is 1. The Morgan fingerprint density at radius 1 is 1.45 bits per heavy atom. The fraction of sp³-hybridized carbons (Fsp3) is 0.562. The number of aryl methyl sites for hydroxylation is 1. The molecule has 0 aliphatic heterocycles. The Kier molecular flexibility index (Phi) is 5.07. The van der Waals surface area contributed by atoms with Gasteiger partial charge < -0.3 is 10.4 Å². The second-order valence-electron chi connectivity index (χ2n) is 6.01. The van der Waals surface area contributed by atoms with E-state index in [0.29, 0.717) is 11.5 Å². The van der Waals surface area contributed by atoms with Gasteiger partial charge in [0.05, 0.1) is 17.7 Å². The molecule has 20 heavy (non-hydrogen) atoms. The summed E-state index contributed by atoms with van der Waals surface area (Å²) in [6, 6.07) is 5.75. The topological polar surface area (TPSA) is 49.3 Å². The lowest BCUT2D eigenvalue weighted by Gasteiger charge is -2.38. The quantitative estimate of drug-likeness (QED) is 0.783. The predicted molar refractivity (Wildman–Crippen MR) is 88.8 cm³/mol. The van der Waals surface area contributed by atoms with Crippen molar-refractivity contribution in [2.24, 2.45) is 5.92 Å². The van der Waals surface area contributed by atoms with Crippen molar-refractivity contribution < 1.29 is 9.90 Å². The Hall–Kier alpha value is -0.620. The fourth-order valence-electron chi connectivity index (χ4n) is 2.77. The number of hydrogen-bond acceptors (Lipinski definition) is 2. The van der Waals surface area contributed by atoms with Crippen LogP contribution in [0.2, 0.25) is 0 Å². The molecule has 0 unspecified atom stereocenters. The molecule has 4 heteroatoms. The summed E-state index contributed by atoms with van der Waals surface area (Å²) in [5.41, 5.74) is 1.38. The number of rotatable bonds is 3. The van der Waals surface area contributed by atoms with Crippen LogP contribution in [-0.2, 0) is 0 Å². The highest BCUT2D eigenvalue weighted by Gasteiger charge is 2.35. The van der Waals surface area contributed by atoms with Crippen LogP contribution >= 0.6 is 22.6 Å². The molecule has 1 fully saturated rings. The number of amides is 1. The van der Waals surface area contributed by atoms with Gasteiger partial charge in [0.1, 0.15) is 0 Å². The minimum Gasteiger partial charge on any atom is -0.394 e. The zero-order valence-corrected chi connectivity index (χ0v) is 14.2. The monoisotopic (exact) mass is 387 g/mol. The summed E-state index contributed by atoms with van der Waals surface area (Å²) in [4.78, 5) is 12.5. The van der Waals surface area contributed by atoms with E-state index in [-0.39, 0.29) is 12.5 Å². The molecular formula is C16H22INO2. The highest BCUT2D eigenvalue weighted by molar-refractivity contribution is 14.1. The van der Waals surface area contributed by atoms with Gasteiger partial charge in [-0.2, -0.15) is 0 Å². The molecule has 0 radical (unpaired) electrons. The van der Waals surface area contributed by atoms with E-state index in [1.54, 1.807) is 0 Å². The van der Waals surface area contributed by atoms with Crippen LogP contribution in [0.25, 0.3) is 0 Å². The Bertz CT molecular complexity index is 493. The van der Waals surface area contributed by atoms with Gasteiger partial charge in [0.25, 0.3) is 5.91 Å². The van der Waals surface area contributed by atoms with Crippen LogP contribution in [0.5, 0.6) is 0 Å². The smallest absolute Gasteiger partial charge is 0.252 e. The highest BCUT2D eigenvalue weighted by Crippen LogP contribution is 2.32. The van der Waals surface area contributed by atoms with Gasteiger partial charge in [0, 0.05) is 3.57 Å². The summed E-state index contributed by atoms with van der Waals surface area (Å²) in [6.07, 6.45) is 3.84. The van der Waals surface area contributed by atoms with Crippen molar-refractivity contribution in [2.45, 2.75) is 45.1 Å². The van der Waals surface area contributed by atoms with Gasteiger partial charge in [0.2, 0.25) is 0 Å². The van der Waals surface area contributed by atoms with E-state index in [1.807, 2.05) is 25.1 Å². The molecule has 0 saturated heterocycles. The standard InChI is InChI=1S/C16H22INO2/c1-11-6-8-16(10-19,9-7-11)18-15(20)13-5-3-4-12(2)14(13)17/h3-5,11,19H,6-10H2,1-2H3,(H,18,20). The van der Waals surface area contributed by atoms with Crippen molar-refractivity contribution in [3.05, 3.63) is 32.9 Å². The molecule has 0 aromatic heterocycles. The third-order valence-electron chi connectivity index (χ3n) is 4.35. The molecule has 2 rings (SSSR count). The Labute approximate surface area is 134 Å². The maximum absolute atomic E-state index is 12.5. The number of nitrogens with one attached hydrogen (secondary N) is 1. The molecule has 0 atom stereocenters. The second kappa shape index (κ2) is 6.43. The van der Waals surface area contributed by atoms with Gasteiger partial charge >= 0.3 is 0 Å². The molecule has 0 bridgehead atoms. The van der Waals surface area contributed by atoms with Gasteiger partial charge in [-0.1, -0.05) is 19.1 Å². The lowest BCUT2D eigenvalue weighted by atomic mass is 9.77. The summed E-state index contributed by atoms with van der Waals surface area (Å²) >= 11 is 2.21. The van der Waals surface area contributed by atoms with Gasteiger partial charge in [-0.05, 0) is 72.7 Å². The van der Waals surface area contributed by atoms with Gasteiger partial charge in [0.15, 0.2) is 0 Å². The summed E-state index contributed by atoms with van der Waals surface area (Å²) in [5, 5.41) is 12.8. The lowest BCUT2D eigenvalue weighted by molar-refractivity contribution is 0.0716. The SMILES string of the molecule is Cc1cccc(C(=O)NC2(CO)CCC(C)CC2)c1I. The Morgan fingerprint density at radius 3 is 2.70 bits per heavy atom. The molecule has 1 amide bonds. The first-order chi connectivity index (χ1) is 9.47. The molecule has 1 aliphatic rings. The third-order valence-corrected chi connectivity index (χ3v) is 5.78. The van der Waals surface area contributed by atoms with E-state index >= 15 is 0 Å². The van der Waals surface area contributed by atoms with Crippen molar-refractivity contribution in [3.8, 4) is 0 Å². The van der Waals surface area contributed by atoms with E-state index < -0.39 is 5.54 Å². The van der Waals surface area contributed by atoms with Crippen molar-refractivity contribution in [2.75, 3.05) is 6.61 Å². The first-order valence-corrected chi connectivity index (χ1v) is 8.24. The van der Waals surface area contributed by atoms with E-state index in [0.717, 1.165) is 34.8 Å². The zero-order chi connectivity index (χ0) is 14.8. The number of hydrogen-bond donors (Lipinski definition) is 2. The molecule has 2 N–H and O–H groups in total. The first-order valence-electron chi connectivity index (χ1n) is 7.16. The van der Waals surface area contributed by atoms with Gasteiger partial charge in [-0.25, -0.2) is 0 Å². The molecule has 1 aromatic rings. The molecule has 110 valence electrons. The molecule has 0 spiro atoms. The average Bonchev–Trinajstić information content (AvgIpc) is 2.44. The summed E-state index contributed by atoms with van der Waals surface area (Å²) in [6.45, 7) is 4.25. The predicted octanol–water partition coefficient (Wildman–Crippen LogP) is 3.27. The molecule has 3 nitrogen and oxygen atoms in total. The first kappa shape index (κ1) is 15.8. The maximum Gasteiger partial charge on any atom is 0.252 e. The number of benzene rings is 1. The van der Waals surface area contributed by atoms with E-state index in [4.69, 9.17) is 0 Å². The van der Waals surface area contributed by atoms with Crippen molar-refractivity contribution in [1.29, 1.82) is 0 Å². The number of aliphatic hydroxyl groups is 1. The second-order valence-corrected chi connectivity index (χ2v) is 7.09. The molecule has 1 aromatic carbocycles. The number of halogens is 1. The molecule has 1 saturated carbocycles. The van der Waals surface area contributed by atoms with Crippen molar-refractivity contribution >= 4 is 28.5 Å². The van der Waals surface area contributed by atoms with Gasteiger partial charge in [-0.15, -0.1) is 0 Å². The maximum atomic E-state index is 12.5. The average molecular weight is 387 g/mol. The minimum atomic E-state index is -0.434. The Morgan fingerprint density at radius 2 is 2.10 bits per heavy atom. The minimum absolute atomic E-state index is 0.0217. The van der Waals surface area contributed by atoms with Crippen LogP contribution in [-0.4, -0.2) is 23.2 Å². The largest absolute Gasteiger partial charge is 0.394 e. The van der Waals surface area contributed by atoms with Crippen molar-refractivity contribution in [1.82, 2.24) is 5.32 Å². The van der Waals surface area contributed by atoms with Crippen LogP contribution in [0.3, 0.4) is 0 Å².